The number of H-pyrrole nitrogens is 3. The summed E-state index contributed by atoms with van der Waals surface area (Å²) >= 11 is 18.2. The van der Waals surface area contributed by atoms with Gasteiger partial charge in [0.05, 0.1) is 37.2 Å². The Morgan fingerprint density at radius 1 is 0.404 bits per heavy atom. The van der Waals surface area contributed by atoms with Gasteiger partial charge in [-0.25, -0.2) is 60.4 Å². The molecule has 12 heterocycles. The number of sulfonamides is 3. The van der Waals surface area contributed by atoms with Crippen LogP contribution in [0.1, 0.15) is 98.2 Å². The fourth-order valence-corrected chi connectivity index (χ4v) is 14.7. The third-order valence-corrected chi connectivity index (χ3v) is 20.6. The number of carbonyl (C=O) groups excluding carboxylic acids is 2. The molecule has 28 nitrogen and oxygen atoms in total. The number of aromatic amines is 3. The van der Waals surface area contributed by atoms with Gasteiger partial charge in [0.15, 0.2) is 0 Å². The molecule has 3 aromatic carbocycles. The number of fused-ring (bicyclic) bond motifs is 6. The van der Waals surface area contributed by atoms with Gasteiger partial charge in [-0.1, -0.05) is 34.8 Å². The quantitative estimate of drug-likeness (QED) is 0.0405. The molecule has 0 aliphatic carbocycles. The van der Waals surface area contributed by atoms with Crippen LogP contribution in [-0.2, 0) is 69.0 Å². The van der Waals surface area contributed by atoms with Gasteiger partial charge < -0.3 is 36.4 Å². The Balaban J connectivity index is 0.000000143. The molecule has 14 N–H and O–H groups in total. The highest BCUT2D eigenvalue weighted by molar-refractivity contribution is 7.90. The molecule has 0 saturated heterocycles. The number of carboxylic acids is 1. The van der Waals surface area contributed by atoms with E-state index in [1.165, 1.54) is 36.5 Å². The summed E-state index contributed by atoms with van der Waals surface area (Å²) < 4.78 is 72.6. The van der Waals surface area contributed by atoms with E-state index < -0.39 is 36.0 Å². The normalized spacial score (nSPS) is 11.6. The van der Waals surface area contributed by atoms with Crippen LogP contribution in [0.5, 0.6) is 0 Å². The zero-order valence-corrected chi connectivity index (χ0v) is 62.6. The van der Waals surface area contributed by atoms with E-state index in [9.17, 15) is 39.6 Å². The summed E-state index contributed by atoms with van der Waals surface area (Å²) in [5.74, 6) is -1.60. The van der Waals surface area contributed by atoms with Crippen molar-refractivity contribution in [2.45, 2.75) is 74.4 Å². The van der Waals surface area contributed by atoms with Crippen LogP contribution in [0.25, 0.3) is 65.8 Å². The van der Waals surface area contributed by atoms with Crippen molar-refractivity contribution < 1.29 is 44.7 Å². The minimum Gasteiger partial charge on any atom is -0.478 e. The molecule has 554 valence electrons. The van der Waals surface area contributed by atoms with Gasteiger partial charge in [0.2, 0.25) is 30.1 Å². The molecule has 0 atom stereocenters. The highest BCUT2D eigenvalue weighted by Gasteiger charge is 2.21. The number of aromatic carboxylic acids is 1. The first kappa shape index (κ1) is 77.0. The first-order valence-corrected chi connectivity index (χ1v) is 38.6. The van der Waals surface area contributed by atoms with Gasteiger partial charge in [0.1, 0.15) is 31.6 Å². The van der Waals surface area contributed by atoms with E-state index in [0.717, 1.165) is 55.2 Å². The fourth-order valence-electron chi connectivity index (χ4n) is 11.8. The number of nitrogens with two attached hydrogens (primary N) is 4. The summed E-state index contributed by atoms with van der Waals surface area (Å²) in [6, 6.07) is 30.6. The Morgan fingerprint density at radius 3 is 1.04 bits per heavy atom. The SMILES string of the molecule is Cc1cnc2c(S(N)(=O)=O)cc(Cc3cc(C(=O)NCc4cnc5[nH]cc(Cl)c5c4)ccn3)cc2c1.Cc1cnc2c(S(N)(=O)=O)cc(Cc3cc(C(=O)NCc4cnc5[nH]cc(Cl)c5c4)ccn3)cc2c1.Cc1cnc2c(S(N)(=O)=O)cc(Cc3cc(C(=O)O)ccn3)cc2c1.NCc1cnc2[nH]cc(Cl)c2c1. The second kappa shape index (κ2) is 32.4. The van der Waals surface area contributed by atoms with Crippen LogP contribution < -0.4 is 31.8 Å². The van der Waals surface area contributed by atoms with Crippen LogP contribution in [0.4, 0.5) is 0 Å². The molecule has 0 radical (unpaired) electrons. The number of hydrogen-bond donors (Lipinski definition) is 10. The van der Waals surface area contributed by atoms with Crippen LogP contribution in [0, 0.1) is 20.8 Å². The molecule has 0 spiro atoms. The Kier molecular flexibility index (Phi) is 22.9. The third kappa shape index (κ3) is 18.9. The van der Waals surface area contributed by atoms with Crippen LogP contribution >= 0.6 is 34.8 Å². The number of aryl methyl sites for hydroxylation is 3. The summed E-state index contributed by atoms with van der Waals surface area (Å²) in [7, 11) is -11.9. The molecule has 12 aromatic heterocycles. The molecular weight excluding hydrogens is 1520 g/mol. The lowest BCUT2D eigenvalue weighted by atomic mass is 10.0. The number of halogens is 3. The first-order valence-electron chi connectivity index (χ1n) is 32.8. The number of carbonyl (C=O) groups is 3. The van der Waals surface area contributed by atoms with Crippen molar-refractivity contribution in [3.8, 4) is 0 Å². The number of rotatable bonds is 17. The van der Waals surface area contributed by atoms with Crippen LogP contribution in [0.2, 0.25) is 15.1 Å². The van der Waals surface area contributed by atoms with Crippen molar-refractivity contribution in [1.82, 2.24) is 70.4 Å². The highest BCUT2D eigenvalue weighted by Crippen LogP contribution is 2.30. The van der Waals surface area contributed by atoms with Gasteiger partial charge >= 0.3 is 5.97 Å². The van der Waals surface area contributed by atoms with Gasteiger partial charge in [-0.15, -0.1) is 0 Å². The maximum Gasteiger partial charge on any atom is 0.335 e. The van der Waals surface area contributed by atoms with E-state index >= 15 is 0 Å². The molecule has 0 aliphatic heterocycles. The Labute approximate surface area is 637 Å². The molecule has 2 amide bonds. The van der Waals surface area contributed by atoms with Gasteiger partial charge in [-0.05, 0) is 180 Å². The summed E-state index contributed by atoms with van der Waals surface area (Å²) in [6.45, 7) is 6.64. The minimum atomic E-state index is -3.99. The second-order valence-corrected chi connectivity index (χ2v) is 31.1. The van der Waals surface area contributed by atoms with Crippen molar-refractivity contribution in [2.75, 3.05) is 0 Å². The molecule has 0 saturated carbocycles. The summed E-state index contributed by atoms with van der Waals surface area (Å²) in [4.78, 5) is 83.8. The lowest BCUT2D eigenvalue weighted by Crippen LogP contribution is -2.23. The monoisotopic (exact) mass is 1580 g/mol. The second-order valence-electron chi connectivity index (χ2n) is 25.3. The number of nitrogens with zero attached hydrogens (tertiary/aromatic N) is 9. The van der Waals surface area contributed by atoms with E-state index in [1.54, 1.807) is 98.5 Å². The molecule has 0 unspecified atom stereocenters. The molecule has 0 aliphatic rings. The summed E-state index contributed by atoms with van der Waals surface area (Å²) in [5.41, 5.74) is 18.6. The Morgan fingerprint density at radius 2 is 0.716 bits per heavy atom. The molecule has 0 bridgehead atoms. The fraction of sp³-hybridized carbons (Fsp3) is 0.120. The predicted molar refractivity (Wildman–Crippen MR) is 415 cm³/mol. The average molecular weight is 1580 g/mol. The maximum absolute atomic E-state index is 12.8. The number of benzene rings is 3. The zero-order valence-electron chi connectivity index (χ0n) is 57.9. The average Bonchev–Trinajstić information content (AvgIpc) is 1.35. The lowest BCUT2D eigenvalue weighted by molar-refractivity contribution is 0.0695. The van der Waals surface area contributed by atoms with Crippen molar-refractivity contribution in [1.29, 1.82) is 0 Å². The molecule has 34 heteroatoms. The van der Waals surface area contributed by atoms with Crippen LogP contribution in [-0.4, -0.2) is 108 Å². The number of carboxylic acid groups (broad SMARTS) is 1. The topological polar surface area (TPSA) is 465 Å². The minimum absolute atomic E-state index is 0.0444. The van der Waals surface area contributed by atoms with Crippen LogP contribution in [0.15, 0.2) is 198 Å². The van der Waals surface area contributed by atoms with E-state index in [2.05, 4.69) is 70.4 Å². The van der Waals surface area contributed by atoms with Gasteiger partial charge in [0, 0.05) is 174 Å². The third-order valence-electron chi connectivity index (χ3n) is 16.9. The summed E-state index contributed by atoms with van der Waals surface area (Å²) in [6.07, 6.45) is 20.3. The van der Waals surface area contributed by atoms with Crippen molar-refractivity contribution >= 4 is 148 Å². The highest BCUT2D eigenvalue weighted by atomic mass is 35.5. The molecule has 0 fully saturated rings. The van der Waals surface area contributed by atoms with Crippen molar-refractivity contribution in [3.05, 3.63) is 282 Å². The Hall–Kier alpha value is -11.6. The van der Waals surface area contributed by atoms with Crippen LogP contribution in [0.3, 0.4) is 0 Å². The number of aromatic nitrogens is 12. The number of pyridine rings is 9. The smallest absolute Gasteiger partial charge is 0.335 e. The molecular formula is C75H65Cl3N18O10S3. The van der Waals surface area contributed by atoms with E-state index in [0.29, 0.717) is 123 Å². The largest absolute Gasteiger partial charge is 0.478 e. The Bertz CT molecular complexity index is 6210. The predicted octanol–water partition coefficient (Wildman–Crippen LogP) is 10.8. The van der Waals surface area contributed by atoms with Crippen molar-refractivity contribution in [2.24, 2.45) is 21.2 Å². The molecule has 15 rings (SSSR count). The van der Waals surface area contributed by atoms with Crippen molar-refractivity contribution in [3.63, 3.8) is 0 Å². The first-order chi connectivity index (χ1) is 51.9. The maximum atomic E-state index is 12.8. The standard InChI is InChI=1S/2C25H21ClN6O3S.C17H15N3O4S.C8H8ClN3/c2*1-14-4-18-5-15(8-22(36(27,34)35)23(18)29-10-14)6-19-9-17(2-3-28-19)25(33)32-12-16-7-20-21(26)13-31-24(20)30-11-16;1-10-4-13-5-11(6-14-8-12(17(21)22)2-3-19-14)7-15(25(18,23)24)16(13)20-9-10;9-7-4-12-8-6(7)1-5(2-10)3-11-8/h2*2-5,7-11,13H,6,12H2,1H3,(H,30,31)(H,32,33)(H2,27,34,35);2-5,7-9H,6H2,1H3,(H,21,22)(H2,18,23,24);1,3-4H,2,10H2,(H,11,12). The summed E-state index contributed by atoms with van der Waals surface area (Å²) in [5, 5.41) is 37.3. The number of hydrogen-bond acceptors (Lipinski definition) is 19. The van der Waals surface area contributed by atoms with Gasteiger partial charge in [-0.3, -0.25) is 39.5 Å². The molecule has 109 heavy (non-hydrogen) atoms. The number of amides is 2. The van der Waals surface area contributed by atoms with E-state index in [4.69, 9.17) is 61.1 Å². The van der Waals surface area contributed by atoms with E-state index in [-0.39, 0.29) is 51.6 Å². The zero-order chi connectivity index (χ0) is 77.6. The molecule has 15 aromatic rings. The van der Waals surface area contributed by atoms with E-state index in [1.807, 2.05) is 69.3 Å². The lowest BCUT2D eigenvalue weighted by Gasteiger charge is -2.10. The number of primary sulfonamides is 3. The van der Waals surface area contributed by atoms with Gasteiger partial charge in [0.25, 0.3) is 11.8 Å². The van der Waals surface area contributed by atoms with Gasteiger partial charge in [-0.2, -0.15) is 0 Å². The number of nitrogens with one attached hydrogen (secondary N) is 5.